The number of hydrogen-bond acceptors (Lipinski definition) is 2. The summed E-state index contributed by atoms with van der Waals surface area (Å²) in [6.45, 7) is 2.12. The van der Waals surface area contributed by atoms with E-state index in [-0.39, 0.29) is 17.8 Å². The highest BCUT2D eigenvalue weighted by molar-refractivity contribution is 5.99. The fourth-order valence-corrected chi connectivity index (χ4v) is 4.74. The number of allylic oxidation sites excluding steroid dienone is 2. The van der Waals surface area contributed by atoms with E-state index in [9.17, 15) is 9.59 Å². The number of fused-ring (bicyclic) bond motifs is 1. The SMILES string of the molecule is C[C@@H]1CC(=O)[C@H]2CCCC[C@H]2[C@H]1C(=O)C1=CCCCC1. The summed E-state index contributed by atoms with van der Waals surface area (Å²) in [7, 11) is 0. The minimum absolute atomic E-state index is 0.127. The Kier molecular flexibility index (Phi) is 4.09. The Morgan fingerprint density at radius 3 is 2.70 bits per heavy atom. The molecule has 2 nitrogen and oxygen atoms in total. The van der Waals surface area contributed by atoms with Gasteiger partial charge in [0.05, 0.1) is 0 Å². The van der Waals surface area contributed by atoms with E-state index < -0.39 is 0 Å². The van der Waals surface area contributed by atoms with Gasteiger partial charge in [0.15, 0.2) is 5.78 Å². The van der Waals surface area contributed by atoms with Gasteiger partial charge in [-0.05, 0) is 55.9 Å². The van der Waals surface area contributed by atoms with E-state index in [1.165, 1.54) is 19.3 Å². The number of Topliss-reactive ketones (excluding diaryl/α,β-unsaturated/α-hetero) is 2. The largest absolute Gasteiger partial charge is 0.299 e. The average Bonchev–Trinajstić information content (AvgIpc) is 2.48. The number of hydrogen-bond donors (Lipinski definition) is 0. The molecule has 0 amide bonds. The molecule has 3 aliphatic rings. The Morgan fingerprint density at radius 1 is 1.15 bits per heavy atom. The van der Waals surface area contributed by atoms with Crippen molar-refractivity contribution in [2.75, 3.05) is 0 Å². The first-order valence-electron chi connectivity index (χ1n) is 8.44. The molecule has 2 fully saturated rings. The molecule has 3 aliphatic carbocycles. The number of carbonyl (C=O) groups excluding carboxylic acids is 2. The molecule has 0 aromatic heterocycles. The molecule has 0 N–H and O–H groups in total. The molecule has 0 aromatic rings. The van der Waals surface area contributed by atoms with Gasteiger partial charge >= 0.3 is 0 Å². The zero-order chi connectivity index (χ0) is 14.1. The van der Waals surface area contributed by atoms with E-state index in [4.69, 9.17) is 0 Å². The lowest BCUT2D eigenvalue weighted by molar-refractivity contribution is -0.138. The summed E-state index contributed by atoms with van der Waals surface area (Å²) in [4.78, 5) is 25.2. The van der Waals surface area contributed by atoms with Crippen molar-refractivity contribution in [1.29, 1.82) is 0 Å². The molecular weight excluding hydrogens is 248 g/mol. The van der Waals surface area contributed by atoms with E-state index in [0.29, 0.717) is 23.9 Å². The first kappa shape index (κ1) is 14.0. The molecule has 4 atom stereocenters. The third kappa shape index (κ3) is 2.49. The predicted octanol–water partition coefficient (Wildman–Crippen LogP) is 4.09. The molecule has 110 valence electrons. The van der Waals surface area contributed by atoms with Crippen LogP contribution >= 0.6 is 0 Å². The highest BCUT2D eigenvalue weighted by Crippen LogP contribution is 2.46. The van der Waals surface area contributed by atoms with Crippen LogP contribution in [-0.2, 0) is 9.59 Å². The van der Waals surface area contributed by atoms with Crippen LogP contribution in [0.3, 0.4) is 0 Å². The van der Waals surface area contributed by atoms with Gasteiger partial charge in [-0.15, -0.1) is 0 Å². The van der Waals surface area contributed by atoms with E-state index in [1.807, 2.05) is 0 Å². The van der Waals surface area contributed by atoms with Gasteiger partial charge in [0.2, 0.25) is 0 Å². The summed E-state index contributed by atoms with van der Waals surface area (Å²) < 4.78 is 0. The molecule has 0 bridgehead atoms. The molecular formula is C18H26O2. The van der Waals surface area contributed by atoms with Crippen LogP contribution in [0.25, 0.3) is 0 Å². The van der Waals surface area contributed by atoms with Crippen LogP contribution in [0.5, 0.6) is 0 Å². The second-order valence-corrected chi connectivity index (χ2v) is 7.07. The van der Waals surface area contributed by atoms with Crippen molar-refractivity contribution in [2.45, 2.75) is 64.7 Å². The fourth-order valence-electron chi connectivity index (χ4n) is 4.74. The monoisotopic (exact) mass is 274 g/mol. The number of ketones is 2. The number of carbonyl (C=O) groups is 2. The molecule has 0 aliphatic heterocycles. The first-order valence-corrected chi connectivity index (χ1v) is 8.44. The van der Waals surface area contributed by atoms with Crippen molar-refractivity contribution in [3.8, 4) is 0 Å². The maximum Gasteiger partial charge on any atom is 0.162 e. The second kappa shape index (κ2) is 5.83. The molecule has 0 saturated heterocycles. The summed E-state index contributed by atoms with van der Waals surface area (Å²) in [5, 5.41) is 0. The van der Waals surface area contributed by atoms with Gasteiger partial charge in [-0.2, -0.15) is 0 Å². The molecule has 0 radical (unpaired) electrons. The van der Waals surface area contributed by atoms with Crippen LogP contribution in [0.2, 0.25) is 0 Å². The maximum absolute atomic E-state index is 12.9. The van der Waals surface area contributed by atoms with Crippen LogP contribution in [0, 0.1) is 23.7 Å². The Bertz CT molecular complexity index is 435. The Hall–Kier alpha value is -0.920. The highest BCUT2D eigenvalue weighted by atomic mass is 16.1. The summed E-state index contributed by atoms with van der Waals surface area (Å²) in [5.74, 6) is 1.73. The molecule has 2 saturated carbocycles. The molecule has 0 heterocycles. The summed E-state index contributed by atoms with van der Waals surface area (Å²) in [6, 6.07) is 0. The Balaban J connectivity index is 1.83. The fraction of sp³-hybridized carbons (Fsp3) is 0.778. The lowest BCUT2D eigenvalue weighted by Gasteiger charge is -2.43. The van der Waals surface area contributed by atoms with Gasteiger partial charge in [-0.25, -0.2) is 0 Å². The summed E-state index contributed by atoms with van der Waals surface area (Å²) >= 11 is 0. The minimum atomic E-state index is 0.127. The van der Waals surface area contributed by atoms with Gasteiger partial charge in [0.25, 0.3) is 0 Å². The van der Waals surface area contributed by atoms with E-state index in [2.05, 4.69) is 13.0 Å². The Labute approximate surface area is 122 Å². The standard InChI is InChI=1S/C18H26O2/c1-12-11-16(19)14-9-5-6-10-15(14)17(12)18(20)13-7-3-2-4-8-13/h7,12,14-15,17H,2-6,8-11H2,1H3/t12-,14+,15-,17+/m1/s1. The zero-order valence-electron chi connectivity index (χ0n) is 12.6. The molecule has 20 heavy (non-hydrogen) atoms. The lowest BCUT2D eigenvalue weighted by Crippen LogP contribution is -2.45. The lowest BCUT2D eigenvalue weighted by atomic mass is 9.59. The van der Waals surface area contributed by atoms with Crippen LogP contribution < -0.4 is 0 Å². The quantitative estimate of drug-likeness (QED) is 0.760. The smallest absolute Gasteiger partial charge is 0.162 e. The van der Waals surface area contributed by atoms with Gasteiger partial charge in [0.1, 0.15) is 5.78 Å². The van der Waals surface area contributed by atoms with E-state index in [0.717, 1.165) is 37.7 Å². The molecule has 0 aromatic carbocycles. The molecule has 2 heteroatoms. The van der Waals surface area contributed by atoms with Crippen molar-refractivity contribution in [2.24, 2.45) is 23.7 Å². The topological polar surface area (TPSA) is 34.1 Å². The third-order valence-corrected chi connectivity index (χ3v) is 5.74. The highest BCUT2D eigenvalue weighted by Gasteiger charge is 2.46. The third-order valence-electron chi connectivity index (χ3n) is 5.74. The van der Waals surface area contributed by atoms with Gasteiger partial charge in [-0.3, -0.25) is 9.59 Å². The van der Waals surface area contributed by atoms with Gasteiger partial charge < -0.3 is 0 Å². The predicted molar refractivity (Wildman–Crippen MR) is 79.3 cm³/mol. The summed E-state index contributed by atoms with van der Waals surface area (Å²) in [5.41, 5.74) is 1.08. The van der Waals surface area contributed by atoms with Crippen molar-refractivity contribution in [3.05, 3.63) is 11.6 Å². The normalized spacial score (nSPS) is 38.0. The minimum Gasteiger partial charge on any atom is -0.299 e. The maximum atomic E-state index is 12.9. The molecule has 0 spiro atoms. The zero-order valence-corrected chi connectivity index (χ0v) is 12.6. The van der Waals surface area contributed by atoms with Crippen LogP contribution in [0.1, 0.15) is 64.7 Å². The van der Waals surface area contributed by atoms with Crippen LogP contribution in [0.4, 0.5) is 0 Å². The second-order valence-electron chi connectivity index (χ2n) is 7.07. The number of rotatable bonds is 2. The van der Waals surface area contributed by atoms with Crippen LogP contribution in [-0.4, -0.2) is 11.6 Å². The van der Waals surface area contributed by atoms with Crippen molar-refractivity contribution >= 4 is 11.6 Å². The van der Waals surface area contributed by atoms with Crippen molar-refractivity contribution in [1.82, 2.24) is 0 Å². The first-order chi connectivity index (χ1) is 9.68. The van der Waals surface area contributed by atoms with Gasteiger partial charge in [-0.1, -0.05) is 25.8 Å². The van der Waals surface area contributed by atoms with Crippen molar-refractivity contribution < 1.29 is 9.59 Å². The molecule has 3 rings (SSSR count). The van der Waals surface area contributed by atoms with E-state index in [1.54, 1.807) is 0 Å². The summed E-state index contributed by atoms with van der Waals surface area (Å²) in [6.07, 6.45) is 11.7. The van der Waals surface area contributed by atoms with Crippen molar-refractivity contribution in [3.63, 3.8) is 0 Å². The Morgan fingerprint density at radius 2 is 1.95 bits per heavy atom. The average molecular weight is 274 g/mol. The van der Waals surface area contributed by atoms with Gasteiger partial charge in [0, 0.05) is 18.3 Å². The van der Waals surface area contributed by atoms with Crippen LogP contribution in [0.15, 0.2) is 11.6 Å². The molecule has 0 unspecified atom stereocenters. The van der Waals surface area contributed by atoms with E-state index >= 15 is 0 Å².